The molecule has 70 valence electrons. The van der Waals surface area contributed by atoms with Crippen LogP contribution >= 0.6 is 0 Å². The first-order valence-electron chi connectivity index (χ1n) is 3.64. The van der Waals surface area contributed by atoms with Gasteiger partial charge in [0.05, 0.1) is 13.5 Å². The average molecular weight is 175 g/mol. The first-order valence-corrected chi connectivity index (χ1v) is 3.64. The molecule has 1 unspecified atom stereocenters. The number of aliphatic carboxylic acids is 1. The van der Waals surface area contributed by atoms with Crippen molar-refractivity contribution in [3.63, 3.8) is 0 Å². The number of hydrogen-bond donors (Lipinski definition) is 2. The molecule has 0 aliphatic rings. The molecule has 0 aromatic carbocycles. The van der Waals surface area contributed by atoms with E-state index in [1.165, 1.54) is 7.11 Å². The van der Waals surface area contributed by atoms with Crippen LogP contribution in [0.4, 0.5) is 0 Å². The van der Waals surface area contributed by atoms with Crippen molar-refractivity contribution in [2.24, 2.45) is 0 Å². The number of carboxylic acids is 1. The number of rotatable bonds is 5. The number of carbonyl (C=O) groups excluding carboxylic acids is 1. The standard InChI is InChI=1S/C7H13NO4/c1-3-8-5(7(10)11)4-6(9)12-2/h5,8H,3-4H2,1-2H3,(H,10,11). The highest BCUT2D eigenvalue weighted by atomic mass is 16.5. The van der Waals surface area contributed by atoms with Crippen molar-refractivity contribution in [2.75, 3.05) is 13.7 Å². The monoisotopic (exact) mass is 175 g/mol. The summed E-state index contributed by atoms with van der Waals surface area (Å²) >= 11 is 0. The van der Waals surface area contributed by atoms with Crippen molar-refractivity contribution in [2.45, 2.75) is 19.4 Å². The van der Waals surface area contributed by atoms with Crippen molar-refractivity contribution in [1.82, 2.24) is 5.32 Å². The minimum absolute atomic E-state index is 0.139. The first kappa shape index (κ1) is 10.9. The van der Waals surface area contributed by atoms with Crippen LogP contribution in [0.1, 0.15) is 13.3 Å². The Labute approximate surface area is 70.7 Å². The number of ether oxygens (including phenoxy) is 1. The van der Waals surface area contributed by atoms with Crippen LogP contribution < -0.4 is 5.32 Å². The van der Waals surface area contributed by atoms with Gasteiger partial charge in [-0.2, -0.15) is 0 Å². The molecule has 0 aromatic rings. The Balaban J connectivity index is 3.95. The summed E-state index contributed by atoms with van der Waals surface area (Å²) in [7, 11) is 1.23. The van der Waals surface area contributed by atoms with Crippen LogP contribution in [-0.2, 0) is 14.3 Å². The lowest BCUT2D eigenvalue weighted by Gasteiger charge is -2.10. The molecular weight excluding hydrogens is 162 g/mol. The molecule has 0 saturated carbocycles. The van der Waals surface area contributed by atoms with Gasteiger partial charge in [0, 0.05) is 0 Å². The summed E-state index contributed by atoms with van der Waals surface area (Å²) in [4.78, 5) is 21.1. The number of nitrogens with one attached hydrogen (secondary N) is 1. The SMILES string of the molecule is CCNC(CC(=O)OC)C(=O)O. The second kappa shape index (κ2) is 5.54. The van der Waals surface area contributed by atoms with Crippen molar-refractivity contribution >= 4 is 11.9 Å². The van der Waals surface area contributed by atoms with E-state index in [-0.39, 0.29) is 6.42 Å². The number of carboxylic acid groups (broad SMARTS) is 1. The predicted molar refractivity (Wildman–Crippen MR) is 41.7 cm³/mol. The highest BCUT2D eigenvalue weighted by Gasteiger charge is 2.19. The number of methoxy groups -OCH3 is 1. The van der Waals surface area contributed by atoms with Crippen LogP contribution in [0, 0.1) is 0 Å². The summed E-state index contributed by atoms with van der Waals surface area (Å²) < 4.78 is 4.33. The number of esters is 1. The molecule has 0 fully saturated rings. The molecule has 0 heterocycles. The van der Waals surface area contributed by atoms with Gasteiger partial charge in [0.15, 0.2) is 0 Å². The zero-order valence-electron chi connectivity index (χ0n) is 7.16. The molecular formula is C7H13NO4. The van der Waals surface area contributed by atoms with Gasteiger partial charge in [-0.25, -0.2) is 0 Å². The molecule has 0 rings (SSSR count). The van der Waals surface area contributed by atoms with Gasteiger partial charge in [-0.15, -0.1) is 0 Å². The van der Waals surface area contributed by atoms with E-state index in [1.54, 1.807) is 6.92 Å². The van der Waals surface area contributed by atoms with E-state index < -0.39 is 18.0 Å². The lowest BCUT2D eigenvalue weighted by molar-refractivity contribution is -0.147. The minimum atomic E-state index is -1.04. The third kappa shape index (κ3) is 3.92. The maximum absolute atomic E-state index is 10.7. The van der Waals surface area contributed by atoms with E-state index in [0.29, 0.717) is 6.54 Å². The van der Waals surface area contributed by atoms with Crippen molar-refractivity contribution < 1.29 is 19.4 Å². The van der Waals surface area contributed by atoms with Gasteiger partial charge < -0.3 is 15.2 Å². The molecule has 2 N–H and O–H groups in total. The van der Waals surface area contributed by atoms with Gasteiger partial charge in [0.2, 0.25) is 0 Å². The fourth-order valence-electron chi connectivity index (χ4n) is 0.743. The largest absolute Gasteiger partial charge is 0.480 e. The molecule has 0 amide bonds. The zero-order chi connectivity index (χ0) is 9.56. The molecule has 5 heteroatoms. The quantitative estimate of drug-likeness (QED) is 0.557. The number of carbonyl (C=O) groups is 2. The minimum Gasteiger partial charge on any atom is -0.480 e. The van der Waals surface area contributed by atoms with Crippen LogP contribution in [0.15, 0.2) is 0 Å². The van der Waals surface area contributed by atoms with E-state index >= 15 is 0 Å². The molecule has 0 bridgehead atoms. The summed E-state index contributed by atoms with van der Waals surface area (Å²) in [5, 5.41) is 11.2. The maximum atomic E-state index is 10.7. The topological polar surface area (TPSA) is 75.6 Å². The average Bonchev–Trinajstić information content (AvgIpc) is 2.03. The third-order valence-electron chi connectivity index (χ3n) is 1.35. The lowest BCUT2D eigenvalue weighted by atomic mass is 10.2. The van der Waals surface area contributed by atoms with E-state index in [4.69, 9.17) is 5.11 Å². The third-order valence-corrected chi connectivity index (χ3v) is 1.35. The Morgan fingerprint density at radius 3 is 2.50 bits per heavy atom. The predicted octanol–water partition coefficient (Wildman–Crippen LogP) is -0.388. The van der Waals surface area contributed by atoms with Crippen LogP contribution in [-0.4, -0.2) is 36.7 Å². The highest BCUT2D eigenvalue weighted by molar-refractivity contribution is 5.81. The number of likely N-dealkylation sites (N-methyl/N-ethyl adjacent to an activating group) is 1. The Hall–Kier alpha value is -1.10. The summed E-state index contributed by atoms with van der Waals surface area (Å²) in [6.45, 7) is 2.28. The van der Waals surface area contributed by atoms with Crippen LogP contribution in [0.2, 0.25) is 0 Å². The van der Waals surface area contributed by atoms with Crippen LogP contribution in [0.25, 0.3) is 0 Å². The van der Waals surface area contributed by atoms with E-state index in [2.05, 4.69) is 10.1 Å². The zero-order valence-corrected chi connectivity index (χ0v) is 7.16. The molecule has 12 heavy (non-hydrogen) atoms. The second-order valence-corrected chi connectivity index (χ2v) is 2.23. The second-order valence-electron chi connectivity index (χ2n) is 2.23. The molecule has 0 saturated heterocycles. The molecule has 0 aliphatic heterocycles. The normalized spacial score (nSPS) is 12.2. The van der Waals surface area contributed by atoms with Gasteiger partial charge >= 0.3 is 11.9 Å². The Morgan fingerprint density at radius 2 is 2.17 bits per heavy atom. The fraction of sp³-hybridized carbons (Fsp3) is 0.714. The maximum Gasteiger partial charge on any atom is 0.321 e. The smallest absolute Gasteiger partial charge is 0.321 e. The van der Waals surface area contributed by atoms with Gasteiger partial charge in [0.25, 0.3) is 0 Å². The van der Waals surface area contributed by atoms with Gasteiger partial charge in [0.1, 0.15) is 6.04 Å². The van der Waals surface area contributed by atoms with Crippen molar-refractivity contribution in [3.05, 3.63) is 0 Å². The fourth-order valence-corrected chi connectivity index (χ4v) is 0.743. The van der Waals surface area contributed by atoms with Crippen LogP contribution in [0.3, 0.4) is 0 Å². The first-order chi connectivity index (χ1) is 5.61. The van der Waals surface area contributed by atoms with Crippen molar-refractivity contribution in [1.29, 1.82) is 0 Å². The van der Waals surface area contributed by atoms with Gasteiger partial charge in [-0.3, -0.25) is 9.59 Å². The van der Waals surface area contributed by atoms with Crippen molar-refractivity contribution in [3.8, 4) is 0 Å². The van der Waals surface area contributed by atoms with Gasteiger partial charge in [-0.1, -0.05) is 6.92 Å². The van der Waals surface area contributed by atoms with E-state index in [1.807, 2.05) is 0 Å². The Morgan fingerprint density at radius 1 is 1.58 bits per heavy atom. The molecule has 5 nitrogen and oxygen atoms in total. The summed E-state index contributed by atoms with van der Waals surface area (Å²) in [5.41, 5.74) is 0. The van der Waals surface area contributed by atoms with E-state index in [9.17, 15) is 9.59 Å². The van der Waals surface area contributed by atoms with Gasteiger partial charge in [-0.05, 0) is 6.54 Å². The molecule has 0 aromatic heterocycles. The molecule has 0 aliphatic carbocycles. The van der Waals surface area contributed by atoms with E-state index in [0.717, 1.165) is 0 Å². The molecule has 0 radical (unpaired) electrons. The summed E-state index contributed by atoms with van der Waals surface area (Å²) in [6.07, 6.45) is -0.139. The highest BCUT2D eigenvalue weighted by Crippen LogP contribution is 1.94. The molecule has 1 atom stereocenters. The number of hydrogen-bond acceptors (Lipinski definition) is 4. The summed E-state index contributed by atoms with van der Waals surface area (Å²) in [5.74, 6) is -1.56. The summed E-state index contributed by atoms with van der Waals surface area (Å²) in [6, 6.07) is -0.845. The van der Waals surface area contributed by atoms with Crippen LogP contribution in [0.5, 0.6) is 0 Å². The Kier molecular flexibility index (Phi) is 5.03. The lowest BCUT2D eigenvalue weighted by Crippen LogP contribution is -2.38. The Bertz CT molecular complexity index is 167. The molecule has 0 spiro atoms.